The molecule has 5 nitrogen and oxygen atoms in total. The molecule has 1 aromatic heterocycles. The van der Waals surface area contributed by atoms with Crippen LogP contribution in [0.25, 0.3) is 17.0 Å². The Hall–Kier alpha value is -3.41. The summed E-state index contributed by atoms with van der Waals surface area (Å²) in [5.41, 5.74) is 5.04. The van der Waals surface area contributed by atoms with E-state index in [9.17, 15) is 5.11 Å². The second-order valence-corrected chi connectivity index (χ2v) is 10.7. The normalized spacial score (nSPS) is 16.5. The van der Waals surface area contributed by atoms with Gasteiger partial charge >= 0.3 is 0 Å². The molecule has 7 heteroatoms. The molecule has 3 aromatic carbocycles. The lowest BCUT2D eigenvalue weighted by molar-refractivity contribution is 0.296. The number of hydrogen-bond donors (Lipinski definition) is 1. The molecule has 2 unspecified atom stereocenters. The fraction of sp³-hybridized carbons (Fsp3) is 0.258. The van der Waals surface area contributed by atoms with Crippen LogP contribution in [0, 0.1) is 0 Å². The Bertz CT molecular complexity index is 1470. The summed E-state index contributed by atoms with van der Waals surface area (Å²) in [4.78, 5) is 0. The number of hydrogen-bond acceptors (Lipinski definition) is 5. The van der Waals surface area contributed by atoms with Crippen molar-refractivity contribution in [3.8, 4) is 22.8 Å². The Labute approximate surface area is 232 Å². The lowest BCUT2D eigenvalue weighted by Crippen LogP contribution is -2.01. The Morgan fingerprint density at radius 3 is 2.50 bits per heavy atom. The van der Waals surface area contributed by atoms with Crippen LogP contribution in [0.1, 0.15) is 66.0 Å². The van der Waals surface area contributed by atoms with Gasteiger partial charge < -0.3 is 19.1 Å². The number of phenols is 1. The third-order valence-electron chi connectivity index (χ3n) is 7.00. The summed E-state index contributed by atoms with van der Waals surface area (Å²) in [5, 5.41) is 16.1. The van der Waals surface area contributed by atoms with E-state index in [-0.39, 0.29) is 24.2 Å². The summed E-state index contributed by atoms with van der Waals surface area (Å²) in [6, 6.07) is 19.0. The molecule has 2 atom stereocenters. The van der Waals surface area contributed by atoms with Crippen LogP contribution in [-0.4, -0.2) is 17.4 Å². The van der Waals surface area contributed by atoms with Crippen molar-refractivity contribution in [1.29, 1.82) is 0 Å². The molecule has 1 saturated carbocycles. The summed E-state index contributed by atoms with van der Waals surface area (Å²) in [6.45, 7) is 8.18. The number of halogens is 2. The molecule has 38 heavy (non-hydrogen) atoms. The molecule has 0 spiro atoms. The zero-order chi connectivity index (χ0) is 27.0. The lowest BCUT2D eigenvalue weighted by Gasteiger charge is -2.12. The highest BCUT2D eigenvalue weighted by Crippen LogP contribution is 2.57. The SMILES string of the molecule is C=C(OC)c1cccc(C2CC2c2ccc(OCc3c(-c4c(Cl)cccc4Cl)noc3C(C)C)cc2O)c1. The first-order valence-corrected chi connectivity index (χ1v) is 13.3. The smallest absolute Gasteiger partial charge is 0.146 e. The van der Waals surface area contributed by atoms with Crippen molar-refractivity contribution in [2.75, 3.05) is 7.11 Å². The number of methoxy groups -OCH3 is 1. The molecule has 1 heterocycles. The fourth-order valence-corrected chi connectivity index (χ4v) is 5.46. The minimum absolute atomic E-state index is 0.0817. The van der Waals surface area contributed by atoms with E-state index in [0.29, 0.717) is 44.5 Å². The van der Waals surface area contributed by atoms with Crippen LogP contribution in [0.5, 0.6) is 11.5 Å². The molecule has 0 bridgehead atoms. The van der Waals surface area contributed by atoms with Crippen molar-refractivity contribution in [2.24, 2.45) is 0 Å². The van der Waals surface area contributed by atoms with Gasteiger partial charge in [-0.3, -0.25) is 0 Å². The van der Waals surface area contributed by atoms with Gasteiger partial charge in [0.2, 0.25) is 0 Å². The summed E-state index contributed by atoms with van der Waals surface area (Å²) in [6.07, 6.45) is 0.969. The Morgan fingerprint density at radius 1 is 1.08 bits per heavy atom. The third kappa shape index (κ3) is 5.13. The average Bonchev–Trinajstić information content (AvgIpc) is 3.58. The molecule has 0 radical (unpaired) electrons. The molecule has 1 aliphatic rings. The molecule has 1 aliphatic carbocycles. The molecule has 1 fully saturated rings. The van der Waals surface area contributed by atoms with E-state index in [1.807, 2.05) is 38.1 Å². The van der Waals surface area contributed by atoms with Crippen LogP contribution in [0.3, 0.4) is 0 Å². The van der Waals surface area contributed by atoms with Gasteiger partial charge in [0, 0.05) is 23.1 Å². The van der Waals surface area contributed by atoms with Gasteiger partial charge in [-0.2, -0.15) is 0 Å². The second-order valence-electron chi connectivity index (χ2n) is 9.84. The fourth-order valence-electron chi connectivity index (χ4n) is 4.89. The number of benzene rings is 3. The molecule has 4 aromatic rings. The summed E-state index contributed by atoms with van der Waals surface area (Å²) in [7, 11) is 1.62. The van der Waals surface area contributed by atoms with Gasteiger partial charge in [-0.1, -0.05) is 79.1 Å². The highest BCUT2D eigenvalue weighted by molar-refractivity contribution is 6.39. The van der Waals surface area contributed by atoms with Gasteiger partial charge in [0.15, 0.2) is 0 Å². The van der Waals surface area contributed by atoms with Crippen molar-refractivity contribution >= 4 is 29.0 Å². The first-order chi connectivity index (χ1) is 18.3. The number of rotatable bonds is 9. The molecule has 5 rings (SSSR count). The van der Waals surface area contributed by atoms with Gasteiger partial charge in [0.1, 0.15) is 35.3 Å². The van der Waals surface area contributed by atoms with Crippen LogP contribution in [0.15, 0.2) is 71.8 Å². The van der Waals surface area contributed by atoms with Crippen LogP contribution in [-0.2, 0) is 11.3 Å². The van der Waals surface area contributed by atoms with E-state index in [2.05, 4.69) is 23.9 Å². The average molecular weight is 550 g/mol. The van der Waals surface area contributed by atoms with Gasteiger partial charge in [0.05, 0.1) is 22.7 Å². The monoisotopic (exact) mass is 549 g/mol. The number of phenolic OH excluding ortho intramolecular Hbond substituents is 1. The number of aromatic nitrogens is 1. The lowest BCUT2D eigenvalue weighted by atomic mass is 10.0. The maximum Gasteiger partial charge on any atom is 0.146 e. The van der Waals surface area contributed by atoms with Crippen LogP contribution >= 0.6 is 23.2 Å². The Balaban J connectivity index is 1.34. The molecule has 196 valence electrons. The van der Waals surface area contributed by atoms with E-state index < -0.39 is 0 Å². The minimum Gasteiger partial charge on any atom is -0.508 e. The summed E-state index contributed by atoms with van der Waals surface area (Å²) in [5.74, 6) is 2.78. The molecule has 1 N–H and O–H groups in total. The second kappa shape index (κ2) is 10.8. The van der Waals surface area contributed by atoms with E-state index in [1.165, 1.54) is 5.56 Å². The Morgan fingerprint density at radius 2 is 1.82 bits per heavy atom. The molecule has 0 saturated heterocycles. The predicted molar refractivity (Wildman–Crippen MR) is 151 cm³/mol. The van der Waals surface area contributed by atoms with Gasteiger partial charge in [-0.15, -0.1) is 0 Å². The molecule has 0 amide bonds. The van der Waals surface area contributed by atoms with Crippen molar-refractivity contribution in [3.63, 3.8) is 0 Å². The van der Waals surface area contributed by atoms with Gasteiger partial charge in [-0.05, 0) is 53.6 Å². The van der Waals surface area contributed by atoms with E-state index >= 15 is 0 Å². The van der Waals surface area contributed by atoms with Crippen LogP contribution in [0.2, 0.25) is 10.0 Å². The largest absolute Gasteiger partial charge is 0.508 e. The topological polar surface area (TPSA) is 64.7 Å². The third-order valence-corrected chi connectivity index (χ3v) is 7.63. The Kier molecular flexibility index (Phi) is 7.42. The van der Waals surface area contributed by atoms with Crippen molar-refractivity contribution < 1.29 is 19.1 Å². The number of ether oxygens (including phenoxy) is 2. The van der Waals surface area contributed by atoms with Gasteiger partial charge in [0.25, 0.3) is 0 Å². The van der Waals surface area contributed by atoms with Gasteiger partial charge in [-0.25, -0.2) is 0 Å². The predicted octanol–water partition coefficient (Wildman–Crippen LogP) is 8.94. The highest BCUT2D eigenvalue weighted by Gasteiger charge is 2.41. The molecule has 0 aliphatic heterocycles. The number of aromatic hydroxyl groups is 1. The maximum atomic E-state index is 10.9. The summed E-state index contributed by atoms with van der Waals surface area (Å²) < 4.78 is 17.1. The van der Waals surface area contributed by atoms with Crippen molar-refractivity contribution in [1.82, 2.24) is 5.16 Å². The first-order valence-electron chi connectivity index (χ1n) is 12.5. The zero-order valence-electron chi connectivity index (χ0n) is 21.5. The minimum atomic E-state index is 0.0817. The van der Waals surface area contributed by atoms with Crippen molar-refractivity contribution in [2.45, 2.75) is 44.6 Å². The summed E-state index contributed by atoms with van der Waals surface area (Å²) >= 11 is 12.9. The van der Waals surface area contributed by atoms with Crippen LogP contribution in [0.4, 0.5) is 0 Å². The van der Waals surface area contributed by atoms with Crippen LogP contribution < -0.4 is 4.74 Å². The zero-order valence-corrected chi connectivity index (χ0v) is 23.0. The standard InChI is InChI=1S/C31H29Cl2NO4/c1-17(2)31-25(30(34-38-31)29-26(32)9-6-10-27(29)33)16-37-21-11-12-22(28(35)14-21)24-15-23(24)20-8-5-7-19(13-20)18(3)36-4/h5-14,17,23-24,35H,3,15-16H2,1-2,4H3. The molecular formula is C31H29Cl2NO4. The highest BCUT2D eigenvalue weighted by atomic mass is 35.5. The quantitative estimate of drug-likeness (QED) is 0.211. The van der Waals surface area contributed by atoms with Crippen molar-refractivity contribution in [3.05, 3.63) is 105 Å². The maximum absolute atomic E-state index is 10.9. The van der Waals surface area contributed by atoms with E-state index in [0.717, 1.165) is 23.1 Å². The first kappa shape index (κ1) is 26.2. The number of nitrogens with zero attached hydrogens (tertiary/aromatic N) is 1. The van der Waals surface area contributed by atoms with E-state index in [4.69, 9.17) is 37.2 Å². The molecular weight excluding hydrogens is 521 g/mol. The van der Waals surface area contributed by atoms with E-state index in [1.54, 1.807) is 31.4 Å².